The first-order valence-electron chi connectivity index (χ1n) is 9.66. The van der Waals surface area contributed by atoms with Gasteiger partial charge < -0.3 is 4.90 Å². The third-order valence-electron chi connectivity index (χ3n) is 5.75. The van der Waals surface area contributed by atoms with E-state index in [1.54, 1.807) is 30.1 Å². The van der Waals surface area contributed by atoms with Crippen LogP contribution in [0, 0.1) is 0 Å². The van der Waals surface area contributed by atoms with Crippen molar-refractivity contribution in [2.75, 3.05) is 20.6 Å². The molecule has 0 spiro atoms. The van der Waals surface area contributed by atoms with Gasteiger partial charge in [-0.15, -0.1) is 0 Å². The Kier molecular flexibility index (Phi) is 5.15. The number of hydrogen-bond acceptors (Lipinski definition) is 3. The average molecular weight is 409 g/mol. The van der Waals surface area contributed by atoms with Crippen molar-refractivity contribution >= 4 is 26.7 Å². The van der Waals surface area contributed by atoms with Gasteiger partial charge in [0, 0.05) is 14.1 Å². The van der Waals surface area contributed by atoms with Gasteiger partial charge in [0.05, 0.1) is 17.5 Å². The molecule has 150 valence electrons. The van der Waals surface area contributed by atoms with Crippen molar-refractivity contribution in [3.05, 3.63) is 77.9 Å². The van der Waals surface area contributed by atoms with Gasteiger partial charge in [0.2, 0.25) is 15.9 Å². The van der Waals surface area contributed by atoms with Gasteiger partial charge in [-0.1, -0.05) is 54.6 Å². The van der Waals surface area contributed by atoms with E-state index < -0.39 is 10.0 Å². The van der Waals surface area contributed by atoms with E-state index in [1.807, 2.05) is 42.5 Å². The molecule has 1 aliphatic carbocycles. The lowest BCUT2D eigenvalue weighted by Crippen LogP contribution is -2.40. The largest absolute Gasteiger partial charge is 0.338 e. The lowest BCUT2D eigenvalue weighted by Gasteiger charge is -2.27. The summed E-state index contributed by atoms with van der Waals surface area (Å²) in [5.74, 6) is -0.210. The van der Waals surface area contributed by atoms with Crippen LogP contribution < -0.4 is 0 Å². The average Bonchev–Trinajstić information content (AvgIpc) is 3.16. The maximum absolute atomic E-state index is 13.0. The SMILES string of the molecule is CN(C(=O)CN(C)S(=O)(=O)c1ccc2ccccc2c1)C1CCc2ccccc21. The summed E-state index contributed by atoms with van der Waals surface area (Å²) in [6.45, 7) is -0.190. The molecule has 0 bridgehead atoms. The predicted octanol–water partition coefficient (Wildman–Crippen LogP) is 3.61. The molecule has 4 rings (SSSR count). The number of carbonyl (C=O) groups is 1. The fourth-order valence-electron chi connectivity index (χ4n) is 4.01. The molecule has 3 aromatic carbocycles. The smallest absolute Gasteiger partial charge is 0.243 e. The van der Waals surface area contributed by atoms with E-state index in [1.165, 1.54) is 12.6 Å². The Labute approximate surface area is 171 Å². The van der Waals surface area contributed by atoms with Crippen molar-refractivity contribution in [1.29, 1.82) is 0 Å². The number of aryl methyl sites for hydroxylation is 1. The number of nitrogens with zero attached hydrogens (tertiary/aromatic N) is 2. The number of fused-ring (bicyclic) bond motifs is 2. The zero-order chi connectivity index (χ0) is 20.6. The molecule has 0 aliphatic heterocycles. The second-order valence-electron chi connectivity index (χ2n) is 7.53. The Bertz CT molecular complexity index is 1170. The molecule has 29 heavy (non-hydrogen) atoms. The van der Waals surface area contributed by atoms with Crippen LogP contribution in [0.4, 0.5) is 0 Å². The van der Waals surface area contributed by atoms with Gasteiger partial charge in [-0.25, -0.2) is 8.42 Å². The zero-order valence-corrected chi connectivity index (χ0v) is 17.4. The first-order chi connectivity index (χ1) is 13.9. The summed E-state index contributed by atoms with van der Waals surface area (Å²) < 4.78 is 27.2. The second kappa shape index (κ2) is 7.61. The van der Waals surface area contributed by atoms with Gasteiger partial charge in [0.1, 0.15) is 0 Å². The van der Waals surface area contributed by atoms with Gasteiger partial charge in [-0.05, 0) is 46.9 Å². The summed E-state index contributed by atoms with van der Waals surface area (Å²) in [7, 11) is -0.544. The molecular formula is C23H24N2O3S. The van der Waals surface area contributed by atoms with E-state index in [9.17, 15) is 13.2 Å². The number of hydrogen-bond donors (Lipinski definition) is 0. The Hall–Kier alpha value is -2.70. The fraction of sp³-hybridized carbons (Fsp3) is 0.261. The number of sulfonamides is 1. The van der Waals surface area contributed by atoms with Crippen molar-refractivity contribution < 1.29 is 13.2 Å². The van der Waals surface area contributed by atoms with E-state index in [-0.39, 0.29) is 23.4 Å². The molecule has 1 atom stereocenters. The van der Waals surface area contributed by atoms with Crippen molar-refractivity contribution in [3.8, 4) is 0 Å². The van der Waals surface area contributed by atoms with Crippen LogP contribution in [0.25, 0.3) is 10.8 Å². The zero-order valence-electron chi connectivity index (χ0n) is 16.6. The van der Waals surface area contributed by atoms with E-state index in [4.69, 9.17) is 0 Å². The molecule has 3 aromatic rings. The quantitative estimate of drug-likeness (QED) is 0.648. The normalized spacial score (nSPS) is 16.2. The Morgan fingerprint density at radius 3 is 2.45 bits per heavy atom. The topological polar surface area (TPSA) is 57.7 Å². The monoisotopic (exact) mass is 408 g/mol. The molecule has 0 radical (unpaired) electrons. The van der Waals surface area contributed by atoms with E-state index in [0.717, 1.165) is 33.5 Å². The predicted molar refractivity (Wildman–Crippen MR) is 114 cm³/mol. The van der Waals surface area contributed by atoms with Crippen LogP contribution in [-0.4, -0.2) is 44.2 Å². The summed E-state index contributed by atoms with van der Waals surface area (Å²) in [4.78, 5) is 14.7. The minimum absolute atomic E-state index is 0.00419. The van der Waals surface area contributed by atoms with Crippen LogP contribution in [0.5, 0.6) is 0 Å². The van der Waals surface area contributed by atoms with Gasteiger partial charge in [-0.3, -0.25) is 4.79 Å². The molecule has 0 N–H and O–H groups in total. The van der Waals surface area contributed by atoms with Crippen LogP contribution in [0.15, 0.2) is 71.6 Å². The Morgan fingerprint density at radius 1 is 0.966 bits per heavy atom. The molecule has 1 aliphatic rings. The highest BCUT2D eigenvalue weighted by molar-refractivity contribution is 7.89. The second-order valence-corrected chi connectivity index (χ2v) is 9.57. The van der Waals surface area contributed by atoms with Crippen molar-refractivity contribution in [1.82, 2.24) is 9.21 Å². The van der Waals surface area contributed by atoms with E-state index in [2.05, 4.69) is 6.07 Å². The molecule has 6 heteroatoms. The summed E-state index contributed by atoms with van der Waals surface area (Å²) in [5, 5.41) is 1.83. The number of likely N-dealkylation sites (N-methyl/N-ethyl adjacent to an activating group) is 2. The molecule has 0 saturated carbocycles. The number of carbonyl (C=O) groups excluding carboxylic acids is 1. The van der Waals surface area contributed by atoms with Crippen molar-refractivity contribution in [2.24, 2.45) is 0 Å². The number of benzene rings is 3. The first-order valence-corrected chi connectivity index (χ1v) is 11.1. The fourth-order valence-corrected chi connectivity index (χ4v) is 5.16. The molecule has 0 aromatic heterocycles. The molecular weight excluding hydrogens is 384 g/mol. The van der Waals surface area contributed by atoms with Crippen LogP contribution in [0.2, 0.25) is 0 Å². The highest BCUT2D eigenvalue weighted by Gasteiger charge is 2.30. The molecule has 1 amide bonds. The molecule has 5 nitrogen and oxygen atoms in total. The third kappa shape index (κ3) is 3.66. The Balaban J connectivity index is 1.51. The lowest BCUT2D eigenvalue weighted by atomic mass is 10.1. The molecule has 0 saturated heterocycles. The van der Waals surface area contributed by atoms with Gasteiger partial charge in [0.25, 0.3) is 0 Å². The third-order valence-corrected chi connectivity index (χ3v) is 7.55. The highest BCUT2D eigenvalue weighted by atomic mass is 32.2. The first kappa shape index (κ1) is 19.6. The maximum Gasteiger partial charge on any atom is 0.243 e. The summed E-state index contributed by atoms with van der Waals surface area (Å²) in [6.07, 6.45) is 1.80. The van der Waals surface area contributed by atoms with E-state index in [0.29, 0.717) is 0 Å². The minimum atomic E-state index is -3.76. The van der Waals surface area contributed by atoms with Crippen LogP contribution in [0.1, 0.15) is 23.6 Å². The van der Waals surface area contributed by atoms with Gasteiger partial charge >= 0.3 is 0 Å². The lowest BCUT2D eigenvalue weighted by molar-refractivity contribution is -0.132. The molecule has 0 heterocycles. The van der Waals surface area contributed by atoms with Crippen LogP contribution in [0.3, 0.4) is 0 Å². The van der Waals surface area contributed by atoms with Crippen molar-refractivity contribution in [2.45, 2.75) is 23.8 Å². The molecule has 1 unspecified atom stereocenters. The summed E-state index contributed by atoms with van der Waals surface area (Å²) in [6, 6.07) is 20.8. The number of amides is 1. The summed E-state index contributed by atoms with van der Waals surface area (Å²) >= 11 is 0. The van der Waals surface area contributed by atoms with Crippen molar-refractivity contribution in [3.63, 3.8) is 0 Å². The Morgan fingerprint density at radius 2 is 1.66 bits per heavy atom. The minimum Gasteiger partial charge on any atom is -0.338 e. The summed E-state index contributed by atoms with van der Waals surface area (Å²) in [5.41, 5.74) is 2.41. The standard InChI is InChI=1S/C23H24N2O3S/c1-24(29(27,28)20-13-11-17-7-3-4-9-19(17)15-20)16-23(26)25(2)22-14-12-18-8-5-6-10-21(18)22/h3-11,13,15,22H,12,14,16H2,1-2H3. The highest BCUT2D eigenvalue weighted by Crippen LogP contribution is 2.35. The van der Waals surface area contributed by atoms with Gasteiger partial charge in [0.15, 0.2) is 0 Å². The molecule has 0 fully saturated rings. The number of rotatable bonds is 5. The van der Waals surface area contributed by atoms with Gasteiger partial charge in [-0.2, -0.15) is 4.31 Å². The van der Waals surface area contributed by atoms with Crippen LogP contribution >= 0.6 is 0 Å². The van der Waals surface area contributed by atoms with Crippen LogP contribution in [-0.2, 0) is 21.2 Å². The van der Waals surface area contributed by atoms with E-state index >= 15 is 0 Å². The maximum atomic E-state index is 13.0.